The van der Waals surface area contributed by atoms with Crippen molar-refractivity contribution < 1.29 is 0 Å². The molecule has 1 aliphatic carbocycles. The summed E-state index contributed by atoms with van der Waals surface area (Å²) >= 11 is 3.21. The molecule has 2 aliphatic rings. The van der Waals surface area contributed by atoms with E-state index in [0.717, 1.165) is 24.8 Å². The molecule has 0 bridgehead atoms. The van der Waals surface area contributed by atoms with Crippen LogP contribution in [0.2, 0.25) is 0 Å². The molecule has 1 saturated heterocycles. The third-order valence-corrected chi connectivity index (χ3v) is 6.51. The Labute approximate surface area is 139 Å². The van der Waals surface area contributed by atoms with Crippen molar-refractivity contribution in [3.05, 3.63) is 27.7 Å². The van der Waals surface area contributed by atoms with E-state index in [4.69, 9.17) is 0 Å². The monoisotopic (exact) mass is 335 g/mol. The number of thiazole rings is 1. The number of hydrogen-bond donors (Lipinski definition) is 0. The highest BCUT2D eigenvalue weighted by Crippen LogP contribution is 2.56. The van der Waals surface area contributed by atoms with Crippen molar-refractivity contribution in [1.82, 2.24) is 24.4 Å². The summed E-state index contributed by atoms with van der Waals surface area (Å²) in [6.07, 6.45) is 5.90. The first-order valence-electron chi connectivity index (χ1n) is 7.82. The van der Waals surface area contributed by atoms with Gasteiger partial charge in [-0.15, -0.1) is 16.4 Å². The number of hydrogen-bond acceptors (Lipinski definition) is 7. The second-order valence-corrected chi connectivity index (χ2v) is 8.18. The van der Waals surface area contributed by atoms with Gasteiger partial charge in [0.25, 0.3) is 0 Å². The normalized spacial score (nSPS) is 24.2. The van der Waals surface area contributed by atoms with E-state index >= 15 is 0 Å². The van der Waals surface area contributed by atoms with Gasteiger partial charge in [0, 0.05) is 29.5 Å². The van der Waals surface area contributed by atoms with E-state index in [1.807, 2.05) is 6.20 Å². The quantitative estimate of drug-likeness (QED) is 0.840. The predicted octanol–water partition coefficient (Wildman–Crippen LogP) is 2.48. The first-order chi connectivity index (χ1) is 10.8. The molecule has 0 aromatic carbocycles. The van der Waals surface area contributed by atoms with E-state index in [9.17, 15) is 0 Å². The molecule has 1 unspecified atom stereocenters. The molecule has 5 nitrogen and oxygen atoms in total. The maximum Gasteiger partial charge on any atom is 0.107 e. The molecule has 118 valence electrons. The molecular formula is C15H21N5S2. The standard InChI is InChI=1S/C15H21N5S2/c1-19(10-14-16-4-7-21-14)13-8-15(13)2-5-20(6-3-15)9-12-11-22-18-17-12/h4,7,11,13H,2-3,5-6,8-10H2,1H3. The van der Waals surface area contributed by atoms with Crippen LogP contribution in [-0.4, -0.2) is 50.5 Å². The average Bonchev–Trinajstić information content (AvgIpc) is 2.92. The summed E-state index contributed by atoms with van der Waals surface area (Å²) in [6, 6.07) is 0.750. The van der Waals surface area contributed by atoms with E-state index in [1.54, 1.807) is 11.3 Å². The fraction of sp³-hybridized carbons (Fsp3) is 0.667. The largest absolute Gasteiger partial charge is 0.297 e. The van der Waals surface area contributed by atoms with E-state index in [-0.39, 0.29) is 0 Å². The fourth-order valence-electron chi connectivity index (χ4n) is 3.78. The zero-order valence-corrected chi connectivity index (χ0v) is 14.4. The van der Waals surface area contributed by atoms with Crippen LogP contribution in [0, 0.1) is 5.41 Å². The molecular weight excluding hydrogens is 314 g/mol. The molecule has 2 aromatic heterocycles. The highest BCUT2D eigenvalue weighted by molar-refractivity contribution is 7.09. The fourth-order valence-corrected chi connectivity index (χ4v) is 4.90. The van der Waals surface area contributed by atoms with Gasteiger partial charge in [0.1, 0.15) is 5.01 Å². The van der Waals surface area contributed by atoms with Gasteiger partial charge in [-0.3, -0.25) is 9.80 Å². The van der Waals surface area contributed by atoms with Crippen LogP contribution in [0.3, 0.4) is 0 Å². The third kappa shape index (κ3) is 2.95. The summed E-state index contributed by atoms with van der Waals surface area (Å²) in [5.41, 5.74) is 1.69. The van der Waals surface area contributed by atoms with Crippen LogP contribution >= 0.6 is 22.9 Å². The Morgan fingerprint density at radius 3 is 2.95 bits per heavy atom. The van der Waals surface area contributed by atoms with Crippen LogP contribution in [0.25, 0.3) is 0 Å². The molecule has 1 saturated carbocycles. The maximum atomic E-state index is 4.41. The van der Waals surface area contributed by atoms with E-state index in [1.165, 1.54) is 48.9 Å². The van der Waals surface area contributed by atoms with Crippen molar-refractivity contribution >= 4 is 22.9 Å². The molecule has 1 spiro atoms. The van der Waals surface area contributed by atoms with Gasteiger partial charge < -0.3 is 0 Å². The van der Waals surface area contributed by atoms with E-state index in [2.05, 4.69) is 42.2 Å². The van der Waals surface area contributed by atoms with Crippen molar-refractivity contribution in [2.75, 3.05) is 20.1 Å². The number of aromatic nitrogens is 3. The van der Waals surface area contributed by atoms with Gasteiger partial charge in [-0.1, -0.05) is 4.49 Å². The molecule has 0 radical (unpaired) electrons. The topological polar surface area (TPSA) is 45.2 Å². The van der Waals surface area contributed by atoms with Crippen molar-refractivity contribution in [1.29, 1.82) is 0 Å². The maximum absolute atomic E-state index is 4.41. The van der Waals surface area contributed by atoms with Crippen LogP contribution in [0.4, 0.5) is 0 Å². The smallest absolute Gasteiger partial charge is 0.107 e. The van der Waals surface area contributed by atoms with Gasteiger partial charge in [-0.05, 0) is 56.3 Å². The molecule has 1 aliphatic heterocycles. The van der Waals surface area contributed by atoms with Crippen LogP contribution in [0.5, 0.6) is 0 Å². The number of nitrogens with zero attached hydrogens (tertiary/aromatic N) is 5. The SMILES string of the molecule is CN(Cc1nccs1)C1CC12CCN(Cc1csnn1)CC2. The van der Waals surface area contributed by atoms with Crippen LogP contribution in [0.15, 0.2) is 17.0 Å². The molecule has 2 fully saturated rings. The van der Waals surface area contributed by atoms with E-state index < -0.39 is 0 Å². The Bertz CT molecular complexity index is 589. The molecule has 0 N–H and O–H groups in total. The summed E-state index contributed by atoms with van der Waals surface area (Å²) in [7, 11) is 2.26. The van der Waals surface area contributed by atoms with Crippen molar-refractivity contribution in [2.24, 2.45) is 5.41 Å². The molecule has 1 atom stereocenters. The minimum absolute atomic E-state index is 0.572. The van der Waals surface area contributed by atoms with Gasteiger partial charge in [0.2, 0.25) is 0 Å². The lowest BCUT2D eigenvalue weighted by Crippen LogP contribution is -2.37. The van der Waals surface area contributed by atoms with Gasteiger partial charge in [0.05, 0.1) is 12.2 Å². The molecule has 0 amide bonds. The lowest BCUT2D eigenvalue weighted by atomic mass is 9.92. The summed E-state index contributed by atoms with van der Waals surface area (Å²) < 4.78 is 3.95. The molecule has 22 heavy (non-hydrogen) atoms. The Kier molecular flexibility index (Phi) is 3.98. The van der Waals surface area contributed by atoms with Gasteiger partial charge >= 0.3 is 0 Å². The number of rotatable bonds is 5. The van der Waals surface area contributed by atoms with Gasteiger partial charge in [-0.2, -0.15) is 0 Å². The number of likely N-dealkylation sites (tertiary alicyclic amines) is 1. The van der Waals surface area contributed by atoms with Crippen molar-refractivity contribution in [3.63, 3.8) is 0 Å². The number of piperidine rings is 1. The third-order valence-electron chi connectivity index (χ3n) is 5.19. The van der Waals surface area contributed by atoms with Crippen LogP contribution < -0.4 is 0 Å². The summed E-state index contributed by atoms with van der Waals surface area (Å²) in [5.74, 6) is 0. The first kappa shape index (κ1) is 14.7. The van der Waals surface area contributed by atoms with Crippen LogP contribution in [-0.2, 0) is 13.1 Å². The zero-order chi connectivity index (χ0) is 15.0. The lowest BCUT2D eigenvalue weighted by Gasteiger charge is -2.33. The molecule has 2 aromatic rings. The Morgan fingerprint density at radius 1 is 1.41 bits per heavy atom. The summed E-state index contributed by atoms with van der Waals surface area (Å²) in [6.45, 7) is 4.35. The second-order valence-electron chi connectivity index (χ2n) is 6.60. The highest BCUT2D eigenvalue weighted by atomic mass is 32.1. The zero-order valence-electron chi connectivity index (χ0n) is 12.8. The predicted molar refractivity (Wildman–Crippen MR) is 88.8 cm³/mol. The summed E-state index contributed by atoms with van der Waals surface area (Å²) in [5, 5.41) is 9.52. The minimum Gasteiger partial charge on any atom is -0.297 e. The highest BCUT2D eigenvalue weighted by Gasteiger charge is 2.56. The lowest BCUT2D eigenvalue weighted by molar-refractivity contribution is 0.138. The molecule has 7 heteroatoms. The first-order valence-corrected chi connectivity index (χ1v) is 9.54. The van der Waals surface area contributed by atoms with Gasteiger partial charge in [-0.25, -0.2) is 4.98 Å². The second kappa shape index (κ2) is 5.96. The molecule has 3 heterocycles. The van der Waals surface area contributed by atoms with Gasteiger partial charge in [0.15, 0.2) is 0 Å². The van der Waals surface area contributed by atoms with Crippen molar-refractivity contribution in [2.45, 2.75) is 38.4 Å². The average molecular weight is 336 g/mol. The van der Waals surface area contributed by atoms with Crippen molar-refractivity contribution in [3.8, 4) is 0 Å². The molecule has 4 rings (SSSR count). The Morgan fingerprint density at radius 2 is 2.27 bits per heavy atom. The van der Waals surface area contributed by atoms with Crippen LogP contribution in [0.1, 0.15) is 30.0 Å². The minimum atomic E-state index is 0.572. The Hall–Kier alpha value is -0.890. The summed E-state index contributed by atoms with van der Waals surface area (Å²) in [4.78, 5) is 9.45. The Balaban J connectivity index is 1.29. The van der Waals surface area contributed by atoms with E-state index in [0.29, 0.717) is 5.41 Å².